The maximum atomic E-state index is 11.0. The Morgan fingerprint density at radius 2 is 2.00 bits per heavy atom. The van der Waals surface area contributed by atoms with Crippen molar-refractivity contribution in [2.24, 2.45) is 0 Å². The Morgan fingerprint density at radius 1 is 1.43 bits per heavy atom. The standard InChI is InChI=1S/C8H16N2O4/c1-3-5(2)10-8(14)9-4-6(11)7(12)13/h5-6,11H,3-4H2,1-2H3,(H,12,13)(H2,9,10,14)/t5?,6-/m0/s1. The third-order valence-electron chi connectivity index (χ3n) is 1.73. The third kappa shape index (κ3) is 5.36. The van der Waals surface area contributed by atoms with Gasteiger partial charge in [0.1, 0.15) is 0 Å². The Hall–Kier alpha value is -1.30. The zero-order valence-electron chi connectivity index (χ0n) is 8.28. The lowest BCUT2D eigenvalue weighted by Crippen LogP contribution is -2.44. The molecule has 1 unspecified atom stereocenters. The Balaban J connectivity index is 3.69. The molecule has 2 amide bonds. The van der Waals surface area contributed by atoms with Crippen molar-refractivity contribution in [2.45, 2.75) is 32.4 Å². The van der Waals surface area contributed by atoms with Crippen LogP contribution in [0.1, 0.15) is 20.3 Å². The molecular formula is C8H16N2O4. The number of nitrogens with one attached hydrogen (secondary N) is 2. The summed E-state index contributed by atoms with van der Waals surface area (Å²) in [5.41, 5.74) is 0. The maximum absolute atomic E-state index is 11.0. The molecule has 0 aromatic rings. The van der Waals surface area contributed by atoms with E-state index in [0.29, 0.717) is 0 Å². The van der Waals surface area contributed by atoms with Gasteiger partial charge in [-0.1, -0.05) is 6.92 Å². The normalized spacial score (nSPS) is 14.2. The number of amides is 2. The predicted molar refractivity (Wildman–Crippen MR) is 49.9 cm³/mol. The molecule has 0 fully saturated rings. The first kappa shape index (κ1) is 12.7. The Labute approximate surface area is 82.3 Å². The molecule has 2 atom stereocenters. The summed E-state index contributed by atoms with van der Waals surface area (Å²) in [7, 11) is 0. The molecule has 0 rings (SSSR count). The zero-order chi connectivity index (χ0) is 11.1. The number of hydrogen-bond acceptors (Lipinski definition) is 3. The second kappa shape index (κ2) is 6.20. The van der Waals surface area contributed by atoms with Crippen LogP contribution in [-0.2, 0) is 4.79 Å². The van der Waals surface area contributed by atoms with Gasteiger partial charge in [-0.15, -0.1) is 0 Å². The van der Waals surface area contributed by atoms with Gasteiger partial charge in [0.05, 0.1) is 6.54 Å². The number of carboxylic acids is 1. The van der Waals surface area contributed by atoms with Crippen LogP contribution in [0.15, 0.2) is 0 Å². The summed E-state index contributed by atoms with van der Waals surface area (Å²) in [5, 5.41) is 21.9. The van der Waals surface area contributed by atoms with Gasteiger partial charge in [-0.05, 0) is 13.3 Å². The first-order valence-electron chi connectivity index (χ1n) is 4.42. The summed E-state index contributed by atoms with van der Waals surface area (Å²) in [4.78, 5) is 21.2. The molecule has 4 N–H and O–H groups in total. The minimum Gasteiger partial charge on any atom is -0.479 e. The van der Waals surface area contributed by atoms with Crippen LogP contribution in [0.2, 0.25) is 0 Å². The molecule has 14 heavy (non-hydrogen) atoms. The lowest BCUT2D eigenvalue weighted by Gasteiger charge is -2.13. The minimum atomic E-state index is -1.56. The van der Waals surface area contributed by atoms with E-state index in [9.17, 15) is 9.59 Å². The zero-order valence-corrected chi connectivity index (χ0v) is 8.28. The van der Waals surface area contributed by atoms with Crippen LogP contribution in [-0.4, -0.2) is 40.9 Å². The van der Waals surface area contributed by atoms with Crippen molar-refractivity contribution < 1.29 is 19.8 Å². The van der Waals surface area contributed by atoms with Crippen molar-refractivity contribution in [3.05, 3.63) is 0 Å². The van der Waals surface area contributed by atoms with Crippen molar-refractivity contribution in [1.29, 1.82) is 0 Å². The first-order chi connectivity index (χ1) is 6.47. The average molecular weight is 204 g/mol. The van der Waals surface area contributed by atoms with E-state index in [1.807, 2.05) is 13.8 Å². The summed E-state index contributed by atoms with van der Waals surface area (Å²) in [6.45, 7) is 3.45. The highest BCUT2D eigenvalue weighted by atomic mass is 16.4. The smallest absolute Gasteiger partial charge is 0.334 e. The number of carbonyl (C=O) groups is 2. The fraction of sp³-hybridized carbons (Fsp3) is 0.750. The SMILES string of the molecule is CCC(C)NC(=O)NC[C@H](O)C(=O)O. The molecule has 0 aromatic heterocycles. The molecule has 6 nitrogen and oxygen atoms in total. The van der Waals surface area contributed by atoms with E-state index in [-0.39, 0.29) is 12.6 Å². The second-order valence-corrected chi connectivity index (χ2v) is 3.02. The van der Waals surface area contributed by atoms with Crippen molar-refractivity contribution in [3.63, 3.8) is 0 Å². The highest BCUT2D eigenvalue weighted by Gasteiger charge is 2.14. The molecule has 0 aromatic carbocycles. The van der Waals surface area contributed by atoms with Crippen LogP contribution < -0.4 is 10.6 Å². The van der Waals surface area contributed by atoms with E-state index >= 15 is 0 Å². The molecule has 0 heterocycles. The molecular weight excluding hydrogens is 188 g/mol. The van der Waals surface area contributed by atoms with Crippen molar-refractivity contribution in [2.75, 3.05) is 6.54 Å². The van der Waals surface area contributed by atoms with Crippen LogP contribution in [0.4, 0.5) is 4.79 Å². The van der Waals surface area contributed by atoms with Gasteiger partial charge in [0.25, 0.3) is 0 Å². The molecule has 0 bridgehead atoms. The molecule has 0 aliphatic rings. The van der Waals surface area contributed by atoms with Gasteiger partial charge in [0.15, 0.2) is 6.10 Å². The summed E-state index contributed by atoms with van der Waals surface area (Å²) < 4.78 is 0. The van der Waals surface area contributed by atoms with E-state index in [1.165, 1.54) is 0 Å². The van der Waals surface area contributed by atoms with Gasteiger partial charge >= 0.3 is 12.0 Å². The number of aliphatic carboxylic acids is 1. The number of carboxylic acid groups (broad SMARTS) is 1. The average Bonchev–Trinajstić information content (AvgIpc) is 2.13. The number of urea groups is 1. The summed E-state index contributed by atoms with van der Waals surface area (Å²) in [6.07, 6.45) is -0.771. The van der Waals surface area contributed by atoms with E-state index in [2.05, 4.69) is 10.6 Å². The van der Waals surface area contributed by atoms with E-state index < -0.39 is 18.1 Å². The molecule has 6 heteroatoms. The number of rotatable bonds is 5. The largest absolute Gasteiger partial charge is 0.479 e. The van der Waals surface area contributed by atoms with Crippen molar-refractivity contribution in [1.82, 2.24) is 10.6 Å². The van der Waals surface area contributed by atoms with Crippen molar-refractivity contribution in [3.8, 4) is 0 Å². The van der Waals surface area contributed by atoms with E-state index in [0.717, 1.165) is 6.42 Å². The van der Waals surface area contributed by atoms with Crippen LogP contribution in [0.5, 0.6) is 0 Å². The Kier molecular flexibility index (Phi) is 5.62. The molecule has 0 radical (unpaired) electrons. The lowest BCUT2D eigenvalue weighted by atomic mass is 10.3. The van der Waals surface area contributed by atoms with Crippen LogP contribution in [0.25, 0.3) is 0 Å². The number of hydrogen-bond donors (Lipinski definition) is 4. The topological polar surface area (TPSA) is 98.7 Å². The second-order valence-electron chi connectivity index (χ2n) is 3.02. The highest BCUT2D eigenvalue weighted by molar-refractivity contribution is 5.76. The number of aliphatic hydroxyl groups is 1. The van der Waals surface area contributed by atoms with Crippen LogP contribution >= 0.6 is 0 Å². The lowest BCUT2D eigenvalue weighted by molar-refractivity contribution is -0.146. The van der Waals surface area contributed by atoms with Crippen LogP contribution in [0.3, 0.4) is 0 Å². The monoisotopic (exact) mass is 204 g/mol. The van der Waals surface area contributed by atoms with Gasteiger partial charge in [0, 0.05) is 6.04 Å². The van der Waals surface area contributed by atoms with Gasteiger partial charge in [-0.25, -0.2) is 9.59 Å². The van der Waals surface area contributed by atoms with Gasteiger partial charge in [-0.2, -0.15) is 0 Å². The maximum Gasteiger partial charge on any atom is 0.334 e. The molecule has 0 spiro atoms. The Morgan fingerprint density at radius 3 is 2.43 bits per heavy atom. The first-order valence-corrected chi connectivity index (χ1v) is 4.42. The number of carbonyl (C=O) groups excluding carboxylic acids is 1. The van der Waals surface area contributed by atoms with Gasteiger partial charge in [0.2, 0.25) is 0 Å². The van der Waals surface area contributed by atoms with Gasteiger partial charge in [-0.3, -0.25) is 0 Å². The molecule has 0 saturated heterocycles. The summed E-state index contributed by atoms with van der Waals surface area (Å²) >= 11 is 0. The van der Waals surface area contributed by atoms with E-state index in [1.54, 1.807) is 0 Å². The quantitative estimate of drug-likeness (QED) is 0.486. The highest BCUT2D eigenvalue weighted by Crippen LogP contribution is 1.87. The fourth-order valence-electron chi connectivity index (χ4n) is 0.654. The van der Waals surface area contributed by atoms with Crippen molar-refractivity contribution >= 4 is 12.0 Å². The molecule has 0 aliphatic carbocycles. The Bertz CT molecular complexity index is 208. The summed E-state index contributed by atoms with van der Waals surface area (Å²) in [6, 6.07) is -0.448. The summed E-state index contributed by atoms with van der Waals surface area (Å²) in [5.74, 6) is -1.35. The minimum absolute atomic E-state index is 0.0250. The molecule has 82 valence electrons. The molecule has 0 aliphatic heterocycles. The molecule has 0 saturated carbocycles. The van der Waals surface area contributed by atoms with Gasteiger partial charge < -0.3 is 20.8 Å². The predicted octanol–water partition coefficient (Wildman–Crippen LogP) is -0.470. The van der Waals surface area contributed by atoms with E-state index in [4.69, 9.17) is 10.2 Å². The van der Waals surface area contributed by atoms with Crippen LogP contribution in [0, 0.1) is 0 Å². The number of aliphatic hydroxyl groups excluding tert-OH is 1. The fourth-order valence-corrected chi connectivity index (χ4v) is 0.654. The third-order valence-corrected chi connectivity index (χ3v) is 1.73.